The number of hydrogen-bond donors (Lipinski definition) is 1. The first-order chi connectivity index (χ1) is 11.9. The fourth-order valence-corrected chi connectivity index (χ4v) is 4.06. The quantitative estimate of drug-likeness (QED) is 0.883. The van der Waals surface area contributed by atoms with Crippen LogP contribution < -0.4 is 5.32 Å². The number of anilines is 1. The molecule has 0 aliphatic carbocycles. The lowest BCUT2D eigenvalue weighted by molar-refractivity contribution is -0.114. The summed E-state index contributed by atoms with van der Waals surface area (Å²) in [6, 6.07) is 1.79. The van der Waals surface area contributed by atoms with Gasteiger partial charge < -0.3 is 5.32 Å². The highest BCUT2D eigenvalue weighted by Gasteiger charge is 2.25. The molecule has 0 bridgehead atoms. The highest BCUT2D eigenvalue weighted by Crippen LogP contribution is 2.28. The van der Waals surface area contributed by atoms with E-state index in [0.717, 1.165) is 36.5 Å². The second kappa shape index (κ2) is 7.53. The number of halogens is 2. The Balaban J connectivity index is 1.59. The number of aromatic nitrogens is 2. The van der Waals surface area contributed by atoms with Gasteiger partial charge in [-0.25, -0.2) is 4.39 Å². The highest BCUT2D eigenvalue weighted by atomic mass is 32.1. The standard InChI is InChI=1S/C17H20F2N4OS/c1-10-5-13(14(18)7-20-10)6-12-3-4-23(8-12)9-15-16(19)22-17(25-15)21-11(2)24/h5,7,12H,3-4,6,8-9H2,1-2H3,(H,21,22,24)/t12-/m1/s1. The minimum atomic E-state index is -0.534. The molecular weight excluding hydrogens is 346 g/mol. The zero-order valence-electron chi connectivity index (χ0n) is 14.2. The van der Waals surface area contributed by atoms with Crippen LogP contribution in [0, 0.1) is 24.6 Å². The molecule has 1 N–H and O–H groups in total. The number of amides is 1. The Morgan fingerprint density at radius 2 is 2.28 bits per heavy atom. The topological polar surface area (TPSA) is 58.1 Å². The third kappa shape index (κ3) is 4.58. The summed E-state index contributed by atoms with van der Waals surface area (Å²) in [4.78, 5) is 21.4. The van der Waals surface area contributed by atoms with E-state index in [2.05, 4.69) is 20.2 Å². The maximum absolute atomic E-state index is 13.9. The number of rotatable bonds is 5. The fourth-order valence-electron chi connectivity index (χ4n) is 3.13. The van der Waals surface area contributed by atoms with Gasteiger partial charge in [0.1, 0.15) is 5.82 Å². The summed E-state index contributed by atoms with van der Waals surface area (Å²) in [6.07, 6.45) is 2.88. The summed E-state index contributed by atoms with van der Waals surface area (Å²) in [7, 11) is 0. The first-order valence-electron chi connectivity index (χ1n) is 8.17. The van der Waals surface area contributed by atoms with Crippen molar-refractivity contribution >= 4 is 22.4 Å². The second-order valence-electron chi connectivity index (χ2n) is 6.43. The molecule has 3 heterocycles. The number of nitrogens with zero attached hydrogens (tertiary/aromatic N) is 3. The van der Waals surface area contributed by atoms with Gasteiger partial charge in [-0.2, -0.15) is 9.37 Å². The van der Waals surface area contributed by atoms with Gasteiger partial charge in [-0.15, -0.1) is 0 Å². The molecule has 0 spiro atoms. The van der Waals surface area contributed by atoms with E-state index in [4.69, 9.17) is 0 Å². The van der Waals surface area contributed by atoms with Gasteiger partial charge in [-0.3, -0.25) is 14.7 Å². The van der Waals surface area contributed by atoms with Crippen LogP contribution in [0.4, 0.5) is 13.9 Å². The van der Waals surface area contributed by atoms with E-state index in [1.165, 1.54) is 13.1 Å². The van der Waals surface area contributed by atoms with Crippen molar-refractivity contribution < 1.29 is 13.6 Å². The molecule has 2 aromatic heterocycles. The predicted molar refractivity (Wildman–Crippen MR) is 92.4 cm³/mol. The molecule has 2 aromatic rings. The summed E-state index contributed by atoms with van der Waals surface area (Å²) < 4.78 is 27.8. The Hall–Kier alpha value is -1.93. The Morgan fingerprint density at radius 3 is 3.04 bits per heavy atom. The maximum atomic E-state index is 13.9. The van der Waals surface area contributed by atoms with Crippen LogP contribution in [0.15, 0.2) is 12.3 Å². The first kappa shape index (κ1) is 17.9. The van der Waals surface area contributed by atoms with Gasteiger partial charge in [-0.1, -0.05) is 11.3 Å². The van der Waals surface area contributed by atoms with Crippen LogP contribution in [-0.2, 0) is 17.8 Å². The molecule has 1 aliphatic rings. The molecule has 1 fully saturated rings. The zero-order valence-corrected chi connectivity index (χ0v) is 15.0. The van der Waals surface area contributed by atoms with Crippen LogP contribution in [0.25, 0.3) is 0 Å². The van der Waals surface area contributed by atoms with E-state index >= 15 is 0 Å². The summed E-state index contributed by atoms with van der Waals surface area (Å²) >= 11 is 1.16. The number of hydrogen-bond acceptors (Lipinski definition) is 5. The Bertz CT molecular complexity index is 780. The van der Waals surface area contributed by atoms with Crippen LogP contribution >= 0.6 is 11.3 Å². The summed E-state index contributed by atoms with van der Waals surface area (Å²) in [5, 5.41) is 2.79. The minimum absolute atomic E-state index is 0.266. The Labute approximate surface area is 149 Å². The number of nitrogens with one attached hydrogen (secondary N) is 1. The van der Waals surface area contributed by atoms with Crippen LogP contribution in [0.2, 0.25) is 0 Å². The second-order valence-corrected chi connectivity index (χ2v) is 7.51. The van der Waals surface area contributed by atoms with Crippen molar-refractivity contribution in [3.63, 3.8) is 0 Å². The van der Waals surface area contributed by atoms with Gasteiger partial charge in [0, 0.05) is 25.7 Å². The van der Waals surface area contributed by atoms with Gasteiger partial charge in [-0.05, 0) is 43.9 Å². The molecule has 3 rings (SSSR count). The van der Waals surface area contributed by atoms with E-state index in [1.807, 2.05) is 6.92 Å². The van der Waals surface area contributed by atoms with Crippen molar-refractivity contribution in [3.05, 3.63) is 40.2 Å². The molecule has 1 amide bonds. The lowest BCUT2D eigenvalue weighted by Crippen LogP contribution is -2.20. The molecule has 0 unspecified atom stereocenters. The molecule has 8 heteroatoms. The lowest BCUT2D eigenvalue weighted by atomic mass is 9.98. The van der Waals surface area contributed by atoms with Crippen LogP contribution in [0.5, 0.6) is 0 Å². The van der Waals surface area contributed by atoms with Crippen molar-refractivity contribution in [3.8, 4) is 0 Å². The summed E-state index contributed by atoms with van der Waals surface area (Å²) in [5.74, 6) is -0.733. The van der Waals surface area contributed by atoms with Crippen LogP contribution in [0.3, 0.4) is 0 Å². The average molecular weight is 366 g/mol. The van der Waals surface area contributed by atoms with Crippen molar-refractivity contribution in [2.75, 3.05) is 18.4 Å². The van der Waals surface area contributed by atoms with E-state index < -0.39 is 5.95 Å². The summed E-state index contributed by atoms with van der Waals surface area (Å²) in [5.41, 5.74) is 1.50. The SMILES string of the molecule is CC(=O)Nc1nc(F)c(CN2CC[C@H](Cc3cc(C)ncc3F)C2)s1. The number of carbonyl (C=O) groups is 1. The lowest BCUT2D eigenvalue weighted by Gasteiger charge is -2.15. The monoisotopic (exact) mass is 366 g/mol. The fraction of sp³-hybridized carbons (Fsp3) is 0.471. The highest BCUT2D eigenvalue weighted by molar-refractivity contribution is 7.15. The van der Waals surface area contributed by atoms with Crippen molar-refractivity contribution in [1.82, 2.24) is 14.9 Å². The summed E-state index contributed by atoms with van der Waals surface area (Å²) in [6.45, 7) is 5.29. The third-order valence-corrected chi connectivity index (χ3v) is 5.18. The average Bonchev–Trinajstić information content (AvgIpc) is 3.10. The molecule has 1 saturated heterocycles. The van der Waals surface area contributed by atoms with Crippen molar-refractivity contribution in [2.24, 2.45) is 5.92 Å². The molecular formula is C17H20F2N4OS. The van der Waals surface area contributed by atoms with Crippen molar-refractivity contribution in [2.45, 2.75) is 33.2 Å². The van der Waals surface area contributed by atoms with Crippen LogP contribution in [0.1, 0.15) is 29.5 Å². The number of pyridine rings is 1. The Kier molecular flexibility index (Phi) is 5.39. The van der Waals surface area contributed by atoms with E-state index in [9.17, 15) is 13.6 Å². The smallest absolute Gasteiger partial charge is 0.230 e. The zero-order chi connectivity index (χ0) is 18.0. The maximum Gasteiger partial charge on any atom is 0.230 e. The molecule has 0 radical (unpaired) electrons. The number of carbonyl (C=O) groups excluding carboxylic acids is 1. The van der Waals surface area contributed by atoms with Crippen molar-refractivity contribution in [1.29, 1.82) is 0 Å². The number of thiazole rings is 1. The number of likely N-dealkylation sites (tertiary alicyclic amines) is 1. The molecule has 1 atom stereocenters. The van der Waals surface area contributed by atoms with Crippen LogP contribution in [-0.4, -0.2) is 33.9 Å². The third-order valence-electron chi connectivity index (χ3n) is 4.25. The van der Waals surface area contributed by atoms with Gasteiger partial charge in [0.15, 0.2) is 5.13 Å². The molecule has 0 aromatic carbocycles. The van der Waals surface area contributed by atoms with E-state index in [0.29, 0.717) is 29.3 Å². The van der Waals surface area contributed by atoms with Gasteiger partial charge in [0.25, 0.3) is 0 Å². The van der Waals surface area contributed by atoms with E-state index in [-0.39, 0.29) is 16.9 Å². The number of aryl methyl sites for hydroxylation is 1. The molecule has 5 nitrogen and oxygen atoms in total. The first-order valence-corrected chi connectivity index (χ1v) is 8.98. The predicted octanol–water partition coefficient (Wildman–Crippen LogP) is 3.15. The minimum Gasteiger partial charge on any atom is -0.302 e. The largest absolute Gasteiger partial charge is 0.302 e. The van der Waals surface area contributed by atoms with Gasteiger partial charge in [0.2, 0.25) is 11.9 Å². The van der Waals surface area contributed by atoms with Gasteiger partial charge in [0.05, 0.1) is 11.1 Å². The Morgan fingerprint density at radius 1 is 1.48 bits per heavy atom. The van der Waals surface area contributed by atoms with E-state index in [1.54, 1.807) is 6.07 Å². The molecule has 25 heavy (non-hydrogen) atoms. The normalized spacial score (nSPS) is 17.8. The molecule has 1 aliphatic heterocycles. The molecule has 134 valence electrons. The molecule has 0 saturated carbocycles. The van der Waals surface area contributed by atoms with Gasteiger partial charge >= 0.3 is 0 Å².